The molecule has 6 nitrogen and oxygen atoms in total. The lowest BCUT2D eigenvalue weighted by atomic mass is 9.90. The second-order valence-electron chi connectivity index (χ2n) is 4.76. The number of aryl methyl sites for hydroxylation is 1. The molecule has 2 unspecified atom stereocenters. The Labute approximate surface area is 131 Å². The van der Waals surface area contributed by atoms with Crippen molar-refractivity contribution in [2.45, 2.75) is 29.2 Å². The summed E-state index contributed by atoms with van der Waals surface area (Å²) in [4.78, 5) is 27.9. The highest BCUT2D eigenvalue weighted by molar-refractivity contribution is 7.78. The third-order valence-electron chi connectivity index (χ3n) is 3.27. The van der Waals surface area contributed by atoms with Crippen molar-refractivity contribution >= 4 is 38.4 Å². The molecule has 3 N–H and O–H groups in total. The van der Waals surface area contributed by atoms with Crippen LogP contribution in [-0.2, 0) is 20.1 Å². The number of hydrogen-bond acceptors (Lipinski definition) is 3. The Bertz CT molecular complexity index is 629. The molecule has 0 amide bonds. The van der Waals surface area contributed by atoms with Gasteiger partial charge >= 0.3 is 19.0 Å². The predicted molar refractivity (Wildman–Crippen MR) is 79.5 cm³/mol. The molecule has 1 aliphatic carbocycles. The molecule has 118 valence electrons. The van der Waals surface area contributed by atoms with E-state index in [9.17, 15) is 14.0 Å². The molecule has 0 saturated heterocycles. The van der Waals surface area contributed by atoms with E-state index in [2.05, 4.69) is 0 Å². The molecule has 1 aromatic carbocycles. The fourth-order valence-electron chi connectivity index (χ4n) is 2.22. The minimum atomic E-state index is -5.25. The fourth-order valence-corrected chi connectivity index (χ4v) is 4.61. The molecule has 0 aromatic heterocycles. The number of hydrogen-bond donors (Lipinski definition) is 3. The Balaban J connectivity index is 2.31. The summed E-state index contributed by atoms with van der Waals surface area (Å²) in [5, 5.41) is 0. The number of fused-ring (bicyclic) bond motifs is 1. The fraction of sp³-hybridized carbons (Fsp3) is 0.455. The summed E-state index contributed by atoms with van der Waals surface area (Å²) in [5.41, 5.74) is 1.66. The molecule has 0 spiro atoms. The van der Waals surface area contributed by atoms with Crippen LogP contribution in [-0.4, -0.2) is 18.5 Å². The summed E-state index contributed by atoms with van der Waals surface area (Å²) in [6.07, 6.45) is 1.17. The van der Waals surface area contributed by atoms with Crippen molar-refractivity contribution in [3.8, 4) is 0 Å². The first-order valence-electron chi connectivity index (χ1n) is 6.09. The lowest BCUT2D eigenvalue weighted by Gasteiger charge is -2.31. The number of rotatable bonds is 4. The lowest BCUT2D eigenvalue weighted by Crippen LogP contribution is -2.19. The number of alkyl halides is 2. The minimum absolute atomic E-state index is 0.437. The first-order valence-corrected chi connectivity index (χ1v) is 10.0. The maximum Gasteiger partial charge on any atom is 0.377 e. The maximum atomic E-state index is 12.1. The van der Waals surface area contributed by atoms with E-state index in [4.69, 9.17) is 37.5 Å². The van der Waals surface area contributed by atoms with Gasteiger partial charge in [0.2, 0.25) is 0 Å². The zero-order chi connectivity index (χ0) is 15.9. The van der Waals surface area contributed by atoms with Crippen LogP contribution in [0.5, 0.6) is 0 Å². The molecule has 0 saturated carbocycles. The highest BCUT2D eigenvalue weighted by Gasteiger charge is 2.60. The zero-order valence-corrected chi connectivity index (χ0v) is 14.0. The SMILES string of the molecule is O=P(O)(O)C(Cl)(Cl)P(=O)(O)OC1CCCc2ccccc21. The smallest absolute Gasteiger partial charge is 0.322 e. The summed E-state index contributed by atoms with van der Waals surface area (Å²) in [7, 11) is -10.2. The molecule has 0 radical (unpaired) electrons. The molecule has 0 bridgehead atoms. The van der Waals surface area contributed by atoms with Gasteiger partial charge in [-0.1, -0.05) is 47.5 Å². The van der Waals surface area contributed by atoms with Crippen LogP contribution >= 0.6 is 38.4 Å². The van der Waals surface area contributed by atoms with Gasteiger partial charge in [0.1, 0.15) is 0 Å². The van der Waals surface area contributed by atoms with E-state index in [1.807, 2.05) is 12.1 Å². The van der Waals surface area contributed by atoms with Gasteiger partial charge in [0, 0.05) is 0 Å². The van der Waals surface area contributed by atoms with Crippen molar-refractivity contribution in [1.29, 1.82) is 0 Å². The monoisotopic (exact) mass is 374 g/mol. The van der Waals surface area contributed by atoms with Gasteiger partial charge in [0.15, 0.2) is 0 Å². The highest BCUT2D eigenvalue weighted by Crippen LogP contribution is 2.77. The van der Waals surface area contributed by atoms with E-state index in [0.717, 1.165) is 18.4 Å². The van der Waals surface area contributed by atoms with Gasteiger partial charge < -0.3 is 14.7 Å². The van der Waals surface area contributed by atoms with Gasteiger partial charge in [-0.05, 0) is 30.4 Å². The third kappa shape index (κ3) is 3.39. The van der Waals surface area contributed by atoms with E-state index in [-0.39, 0.29) is 0 Å². The van der Waals surface area contributed by atoms with Crippen molar-refractivity contribution in [2.24, 2.45) is 0 Å². The molecular weight excluding hydrogens is 361 g/mol. The van der Waals surface area contributed by atoms with Crippen LogP contribution in [0.3, 0.4) is 0 Å². The van der Waals surface area contributed by atoms with Crippen LogP contribution in [0.25, 0.3) is 0 Å². The van der Waals surface area contributed by atoms with Gasteiger partial charge in [0.05, 0.1) is 6.10 Å². The van der Waals surface area contributed by atoms with Crippen molar-refractivity contribution in [1.82, 2.24) is 0 Å². The van der Waals surface area contributed by atoms with Crippen molar-refractivity contribution in [2.75, 3.05) is 0 Å². The van der Waals surface area contributed by atoms with Crippen molar-refractivity contribution in [3.63, 3.8) is 0 Å². The van der Waals surface area contributed by atoms with E-state index >= 15 is 0 Å². The van der Waals surface area contributed by atoms with Crippen LogP contribution < -0.4 is 0 Å². The first kappa shape index (κ1) is 17.5. The molecular formula is C11H14Cl2O6P2. The van der Waals surface area contributed by atoms with Crippen LogP contribution in [0.4, 0.5) is 0 Å². The van der Waals surface area contributed by atoms with E-state index in [1.165, 1.54) is 0 Å². The topological polar surface area (TPSA) is 104 Å². The largest absolute Gasteiger partial charge is 0.377 e. The quantitative estimate of drug-likeness (QED) is 0.550. The zero-order valence-electron chi connectivity index (χ0n) is 10.7. The second-order valence-corrected chi connectivity index (χ2v) is 11.2. The minimum Gasteiger partial charge on any atom is -0.322 e. The summed E-state index contributed by atoms with van der Waals surface area (Å²) in [6, 6.07) is 7.19. The van der Waals surface area contributed by atoms with Crippen molar-refractivity contribution in [3.05, 3.63) is 35.4 Å². The Morgan fingerprint density at radius 1 is 1.19 bits per heavy atom. The second kappa shape index (κ2) is 5.95. The molecule has 10 heteroatoms. The average molecular weight is 375 g/mol. The van der Waals surface area contributed by atoms with Crippen LogP contribution in [0, 0.1) is 0 Å². The first-order chi connectivity index (χ1) is 9.56. The normalized spacial score (nSPS) is 22.4. The van der Waals surface area contributed by atoms with Crippen LogP contribution in [0.1, 0.15) is 30.1 Å². The summed E-state index contributed by atoms with van der Waals surface area (Å²) in [5.74, 6) is 0. The van der Waals surface area contributed by atoms with Gasteiger partial charge in [-0.15, -0.1) is 0 Å². The van der Waals surface area contributed by atoms with Crippen LogP contribution in [0.15, 0.2) is 24.3 Å². The summed E-state index contributed by atoms with van der Waals surface area (Å²) < 4.78 is 25.2. The molecule has 21 heavy (non-hydrogen) atoms. The van der Waals surface area contributed by atoms with Gasteiger partial charge in [0.25, 0.3) is 0 Å². The van der Waals surface area contributed by atoms with E-state index in [0.29, 0.717) is 12.0 Å². The Morgan fingerprint density at radius 2 is 1.81 bits per heavy atom. The van der Waals surface area contributed by atoms with E-state index < -0.39 is 25.1 Å². The molecule has 2 rings (SSSR count). The van der Waals surface area contributed by atoms with Gasteiger partial charge in [-0.25, -0.2) is 0 Å². The van der Waals surface area contributed by atoms with Gasteiger partial charge in [-0.2, -0.15) is 0 Å². The molecule has 2 atom stereocenters. The summed E-state index contributed by atoms with van der Waals surface area (Å²) >= 11 is 10.8. The predicted octanol–water partition coefficient (Wildman–Crippen LogP) is 3.53. The van der Waals surface area contributed by atoms with Gasteiger partial charge in [-0.3, -0.25) is 13.7 Å². The Hall–Kier alpha value is 0.1000. The maximum absolute atomic E-state index is 12.1. The average Bonchev–Trinajstić information content (AvgIpc) is 2.37. The molecule has 0 aliphatic heterocycles. The summed E-state index contributed by atoms with van der Waals surface area (Å²) in [6.45, 7) is 0. The third-order valence-corrected chi connectivity index (χ3v) is 9.34. The van der Waals surface area contributed by atoms with Crippen LogP contribution in [0.2, 0.25) is 0 Å². The Morgan fingerprint density at radius 3 is 2.43 bits per heavy atom. The highest BCUT2D eigenvalue weighted by atomic mass is 35.5. The molecule has 1 aliphatic rings. The number of halogens is 2. The molecule has 0 fully saturated rings. The standard InChI is InChI=1S/C11H14Cl2O6P2/c12-11(13,20(14,15)16)21(17,18)19-10-7-3-5-8-4-1-2-6-9(8)10/h1-2,4,6,10H,3,5,7H2,(H,17,18)(H2,14,15,16). The number of benzene rings is 1. The molecule has 0 heterocycles. The Kier molecular flexibility index (Phi) is 4.95. The van der Waals surface area contributed by atoms with E-state index in [1.54, 1.807) is 12.1 Å². The molecule has 1 aromatic rings. The lowest BCUT2D eigenvalue weighted by molar-refractivity contribution is 0.156. The van der Waals surface area contributed by atoms with Crippen molar-refractivity contribution < 1.29 is 28.3 Å².